The predicted molar refractivity (Wildman–Crippen MR) is 200 cm³/mol. The van der Waals surface area contributed by atoms with Crippen LogP contribution >= 0.6 is 0 Å². The van der Waals surface area contributed by atoms with Crippen molar-refractivity contribution in [3.8, 4) is 17.6 Å². The van der Waals surface area contributed by atoms with Crippen LogP contribution in [0.5, 0.6) is 5.75 Å². The number of imidazole rings is 2. The smallest absolute Gasteiger partial charge is 0.416 e. The summed E-state index contributed by atoms with van der Waals surface area (Å²) in [6, 6.07) is 21.4. The third-order valence-corrected chi connectivity index (χ3v) is 8.09. The highest BCUT2D eigenvalue weighted by atomic mass is 19.4. The molecule has 14 nitrogen and oxygen atoms in total. The highest BCUT2D eigenvalue weighted by molar-refractivity contribution is 5.78. The van der Waals surface area contributed by atoms with Gasteiger partial charge in [0, 0.05) is 35.8 Å². The van der Waals surface area contributed by atoms with Gasteiger partial charge in [-0.3, -0.25) is 9.13 Å². The molecule has 0 fully saturated rings. The number of nitrogen functional groups attached to an aromatic ring is 2. The third-order valence-electron chi connectivity index (χ3n) is 8.09. The molecule has 0 aliphatic heterocycles. The van der Waals surface area contributed by atoms with Gasteiger partial charge in [0.2, 0.25) is 11.9 Å². The number of pyridine rings is 1. The van der Waals surface area contributed by atoms with Gasteiger partial charge in [-0.2, -0.15) is 41.9 Å². The molecule has 6 N–H and O–H groups in total. The van der Waals surface area contributed by atoms with E-state index in [-0.39, 0.29) is 29.3 Å². The zero-order chi connectivity index (χ0) is 40.4. The van der Waals surface area contributed by atoms with Gasteiger partial charge in [0.25, 0.3) is 0 Å². The molecule has 0 atom stereocenters. The average molecular weight is 786 g/mol. The molecule has 0 unspecified atom stereocenters. The number of aryl methyl sites for hydroxylation is 2. The Hall–Kier alpha value is -7.51. The maximum Gasteiger partial charge on any atom is 0.416 e. The van der Waals surface area contributed by atoms with Gasteiger partial charge >= 0.3 is 12.8 Å². The second kappa shape index (κ2) is 15.3. The lowest BCUT2D eigenvalue weighted by Crippen LogP contribution is -2.08. The first-order valence-electron chi connectivity index (χ1n) is 16.7. The fourth-order valence-electron chi connectivity index (χ4n) is 5.69. The minimum absolute atomic E-state index is 0.0379. The number of aromatic nitrogens is 9. The Balaban J connectivity index is 0.000000174. The minimum atomic E-state index is -4.39. The standard InChI is InChI=1S/C19H15F3N6O.C18H14F3N7/c1-10-24-14-7-2-11(20)8-15(14)28(10)19-26-16(23)9-17(27-19)25-12-3-5-13(6-4-12)29-18(21)22;1-10-24-16-13(3-2-8-23-16)28(10)17-26-14(22)9-15(27-17)25-12-6-4-11(5-7-12)18(19,20)21/h2-9,18H,1H3,(H3,23,25,26,27);2-9H,1H3,(H3,22,25,26,27). The van der Waals surface area contributed by atoms with Crippen molar-refractivity contribution in [2.24, 2.45) is 0 Å². The number of hydrogen-bond acceptors (Lipinski definition) is 12. The summed E-state index contributed by atoms with van der Waals surface area (Å²) < 4.78 is 84.0. The van der Waals surface area contributed by atoms with Crippen molar-refractivity contribution in [1.82, 2.24) is 44.0 Å². The molecular formula is C37H29F6N13O. The summed E-state index contributed by atoms with van der Waals surface area (Å²) in [6.45, 7) is 0.646. The molecule has 3 aromatic carbocycles. The van der Waals surface area contributed by atoms with E-state index in [1.807, 2.05) is 6.07 Å². The Morgan fingerprint density at radius 1 is 0.667 bits per heavy atom. The summed E-state index contributed by atoms with van der Waals surface area (Å²) in [6.07, 6.45) is -2.75. The van der Waals surface area contributed by atoms with Gasteiger partial charge in [0.1, 0.15) is 46.5 Å². The Morgan fingerprint density at radius 2 is 1.23 bits per heavy atom. The molecule has 57 heavy (non-hydrogen) atoms. The fraction of sp³-hybridized carbons (Fsp3) is 0.108. The molecule has 0 spiro atoms. The number of halogens is 6. The minimum Gasteiger partial charge on any atom is -0.435 e. The average Bonchev–Trinajstić information content (AvgIpc) is 3.66. The van der Waals surface area contributed by atoms with Crippen molar-refractivity contribution in [3.63, 3.8) is 0 Å². The van der Waals surface area contributed by atoms with E-state index in [4.69, 9.17) is 11.5 Å². The lowest BCUT2D eigenvalue weighted by Gasteiger charge is -2.11. The number of fused-ring (bicyclic) bond motifs is 2. The van der Waals surface area contributed by atoms with Crippen LogP contribution in [0.15, 0.2) is 97.2 Å². The Labute approximate surface area is 318 Å². The van der Waals surface area contributed by atoms with Crippen molar-refractivity contribution in [1.29, 1.82) is 0 Å². The molecule has 5 aromatic heterocycles. The molecule has 8 aromatic rings. The number of rotatable bonds is 8. The van der Waals surface area contributed by atoms with E-state index in [0.29, 0.717) is 56.9 Å². The van der Waals surface area contributed by atoms with E-state index >= 15 is 0 Å². The van der Waals surface area contributed by atoms with Crippen LogP contribution in [0.3, 0.4) is 0 Å². The molecule has 0 radical (unpaired) electrons. The molecule has 290 valence electrons. The number of nitrogens with two attached hydrogens (primary N) is 2. The molecular weight excluding hydrogens is 756 g/mol. The predicted octanol–water partition coefficient (Wildman–Crippen LogP) is 8.05. The maximum absolute atomic E-state index is 13.7. The summed E-state index contributed by atoms with van der Waals surface area (Å²) in [5.41, 5.74) is 14.5. The number of benzene rings is 3. The lowest BCUT2D eigenvalue weighted by molar-refractivity contribution is -0.137. The summed E-state index contributed by atoms with van der Waals surface area (Å²) >= 11 is 0. The van der Waals surface area contributed by atoms with E-state index in [0.717, 1.165) is 12.1 Å². The number of ether oxygens (including phenoxy) is 1. The van der Waals surface area contributed by atoms with Crippen LogP contribution in [-0.2, 0) is 6.18 Å². The molecule has 0 aliphatic rings. The quantitative estimate of drug-likeness (QED) is 0.109. The summed E-state index contributed by atoms with van der Waals surface area (Å²) in [5.74, 6) is 2.41. The molecule has 0 saturated heterocycles. The second-order valence-corrected chi connectivity index (χ2v) is 12.2. The van der Waals surface area contributed by atoms with E-state index in [2.05, 4.69) is 50.3 Å². The van der Waals surface area contributed by atoms with Crippen LogP contribution in [0.2, 0.25) is 0 Å². The first-order valence-corrected chi connectivity index (χ1v) is 16.7. The summed E-state index contributed by atoms with van der Waals surface area (Å²) in [7, 11) is 0. The third kappa shape index (κ3) is 8.58. The van der Waals surface area contributed by atoms with Crippen LogP contribution in [-0.4, -0.2) is 50.6 Å². The Kier molecular flexibility index (Phi) is 10.2. The molecule has 20 heteroatoms. The van der Waals surface area contributed by atoms with Gasteiger partial charge in [-0.1, -0.05) is 0 Å². The summed E-state index contributed by atoms with van der Waals surface area (Å²) in [5, 5.41) is 5.97. The van der Waals surface area contributed by atoms with Crippen LogP contribution < -0.4 is 26.8 Å². The van der Waals surface area contributed by atoms with Gasteiger partial charge in [-0.25, -0.2) is 19.3 Å². The number of hydrogen-bond donors (Lipinski definition) is 4. The molecule has 0 amide bonds. The van der Waals surface area contributed by atoms with Crippen LogP contribution in [0.25, 0.3) is 34.1 Å². The monoisotopic (exact) mass is 785 g/mol. The first kappa shape index (κ1) is 37.8. The number of anilines is 6. The summed E-state index contributed by atoms with van der Waals surface area (Å²) in [4.78, 5) is 30.3. The van der Waals surface area contributed by atoms with E-state index in [9.17, 15) is 26.3 Å². The van der Waals surface area contributed by atoms with Gasteiger partial charge < -0.3 is 26.8 Å². The van der Waals surface area contributed by atoms with Crippen LogP contribution in [0, 0.1) is 19.7 Å². The molecule has 5 heterocycles. The largest absolute Gasteiger partial charge is 0.435 e. The molecule has 0 bridgehead atoms. The first-order chi connectivity index (χ1) is 27.2. The van der Waals surface area contributed by atoms with E-state index < -0.39 is 24.2 Å². The highest BCUT2D eigenvalue weighted by Crippen LogP contribution is 2.31. The van der Waals surface area contributed by atoms with Gasteiger partial charge in [0.15, 0.2) is 5.65 Å². The number of nitrogens with zero attached hydrogens (tertiary/aromatic N) is 9. The van der Waals surface area contributed by atoms with E-state index in [1.165, 1.54) is 48.5 Å². The zero-order valence-electron chi connectivity index (χ0n) is 29.7. The van der Waals surface area contributed by atoms with Crippen molar-refractivity contribution in [3.05, 3.63) is 120 Å². The Morgan fingerprint density at radius 3 is 1.81 bits per heavy atom. The lowest BCUT2D eigenvalue weighted by atomic mass is 10.2. The highest BCUT2D eigenvalue weighted by Gasteiger charge is 2.30. The van der Waals surface area contributed by atoms with Crippen molar-refractivity contribution >= 4 is 56.8 Å². The zero-order valence-corrected chi connectivity index (χ0v) is 29.7. The number of alkyl halides is 5. The van der Waals surface area contributed by atoms with Crippen molar-refractivity contribution in [2.75, 3.05) is 22.1 Å². The van der Waals surface area contributed by atoms with Crippen molar-refractivity contribution in [2.45, 2.75) is 26.6 Å². The second-order valence-electron chi connectivity index (χ2n) is 12.2. The normalized spacial score (nSPS) is 11.5. The topological polar surface area (TPSA) is 185 Å². The number of nitrogens with one attached hydrogen (secondary N) is 2. The van der Waals surface area contributed by atoms with Crippen LogP contribution in [0.4, 0.5) is 61.0 Å². The van der Waals surface area contributed by atoms with Gasteiger partial charge in [-0.05, 0) is 86.6 Å². The SMILES string of the molecule is Cc1nc2ccc(F)cc2n1-c1nc(N)cc(Nc2ccc(OC(F)F)cc2)n1.Cc1nc2ncccc2n1-c1nc(N)cc(Nc2ccc(C(F)(F)F)cc2)n1. The maximum atomic E-state index is 13.7. The van der Waals surface area contributed by atoms with Crippen molar-refractivity contribution < 1.29 is 31.1 Å². The molecule has 0 saturated carbocycles. The molecule has 0 aliphatic carbocycles. The fourth-order valence-corrected chi connectivity index (χ4v) is 5.69. The van der Waals surface area contributed by atoms with Gasteiger partial charge in [0.05, 0.1) is 22.1 Å². The molecule has 8 rings (SSSR count). The van der Waals surface area contributed by atoms with Gasteiger partial charge in [-0.15, -0.1) is 0 Å². The van der Waals surface area contributed by atoms with E-state index in [1.54, 1.807) is 53.4 Å². The Bertz CT molecular complexity index is 2700. The van der Waals surface area contributed by atoms with Crippen LogP contribution in [0.1, 0.15) is 17.2 Å².